The molecule has 1 atom stereocenters. The van der Waals surface area contributed by atoms with E-state index in [1.807, 2.05) is 62.4 Å². The Kier molecular flexibility index (Phi) is 5.18. The van der Waals surface area contributed by atoms with Gasteiger partial charge in [-0.2, -0.15) is 5.10 Å². The maximum Gasteiger partial charge on any atom is 0.276 e. The fourth-order valence-corrected chi connectivity index (χ4v) is 3.28. The second kappa shape index (κ2) is 7.93. The molecule has 4 rings (SSSR count). The Morgan fingerprint density at radius 3 is 2.48 bits per heavy atom. The van der Waals surface area contributed by atoms with Crippen molar-refractivity contribution in [2.24, 2.45) is 0 Å². The van der Waals surface area contributed by atoms with Crippen LogP contribution in [0.25, 0.3) is 16.8 Å². The normalized spacial score (nSPS) is 12.2. The third-order valence-electron chi connectivity index (χ3n) is 4.90. The van der Waals surface area contributed by atoms with Gasteiger partial charge in [0.25, 0.3) is 5.56 Å². The van der Waals surface area contributed by atoms with E-state index in [1.54, 1.807) is 23.0 Å². The van der Waals surface area contributed by atoms with E-state index in [0.29, 0.717) is 12.1 Å². The highest BCUT2D eigenvalue weighted by Gasteiger charge is 2.13. The largest absolute Gasteiger partial charge is 0.494 e. The molecule has 0 fully saturated rings. The molecular formula is C23H23N3O3. The van der Waals surface area contributed by atoms with Crippen molar-refractivity contribution in [3.05, 3.63) is 88.5 Å². The molecule has 0 bridgehead atoms. The summed E-state index contributed by atoms with van der Waals surface area (Å²) in [6.45, 7) is 4.70. The van der Waals surface area contributed by atoms with E-state index in [9.17, 15) is 9.90 Å². The molecule has 0 spiro atoms. The molecule has 0 radical (unpaired) electrons. The van der Waals surface area contributed by atoms with Gasteiger partial charge in [0.2, 0.25) is 0 Å². The molecule has 2 aromatic carbocycles. The van der Waals surface area contributed by atoms with Gasteiger partial charge in [0.1, 0.15) is 11.3 Å². The van der Waals surface area contributed by atoms with Crippen LogP contribution in [0.15, 0.2) is 71.8 Å². The van der Waals surface area contributed by atoms with Crippen LogP contribution in [0.1, 0.15) is 24.2 Å². The smallest absolute Gasteiger partial charge is 0.276 e. The van der Waals surface area contributed by atoms with Gasteiger partial charge < -0.3 is 14.4 Å². The molecule has 29 heavy (non-hydrogen) atoms. The zero-order valence-electron chi connectivity index (χ0n) is 16.4. The van der Waals surface area contributed by atoms with Crippen molar-refractivity contribution in [1.29, 1.82) is 0 Å². The fourth-order valence-electron chi connectivity index (χ4n) is 3.28. The van der Waals surface area contributed by atoms with Gasteiger partial charge in [0, 0.05) is 18.0 Å². The highest BCUT2D eigenvalue weighted by molar-refractivity contribution is 5.65. The van der Waals surface area contributed by atoms with Crippen molar-refractivity contribution < 1.29 is 9.84 Å². The Balaban J connectivity index is 1.60. The molecule has 2 heterocycles. The maximum absolute atomic E-state index is 12.9. The highest BCUT2D eigenvalue weighted by atomic mass is 16.5. The van der Waals surface area contributed by atoms with Crippen LogP contribution in [0.5, 0.6) is 5.75 Å². The lowest BCUT2D eigenvalue weighted by molar-refractivity contribution is 0.155. The number of aliphatic hydroxyl groups excluding tert-OH is 1. The number of ether oxygens (including phenoxy) is 1. The summed E-state index contributed by atoms with van der Waals surface area (Å²) in [6, 6.07) is 17.1. The van der Waals surface area contributed by atoms with Crippen LogP contribution in [0.4, 0.5) is 0 Å². The van der Waals surface area contributed by atoms with Gasteiger partial charge in [0.15, 0.2) is 0 Å². The molecule has 6 nitrogen and oxygen atoms in total. The third-order valence-corrected chi connectivity index (χ3v) is 4.90. The van der Waals surface area contributed by atoms with Gasteiger partial charge in [0.05, 0.1) is 24.9 Å². The van der Waals surface area contributed by atoms with Crippen LogP contribution in [-0.4, -0.2) is 25.9 Å². The number of hydrogen-bond acceptors (Lipinski definition) is 4. The van der Waals surface area contributed by atoms with Gasteiger partial charge in [-0.25, -0.2) is 4.52 Å². The summed E-state index contributed by atoms with van der Waals surface area (Å²) in [6.07, 6.45) is 2.59. The fraction of sp³-hybridized carbons (Fsp3) is 0.217. The monoisotopic (exact) mass is 389 g/mol. The van der Waals surface area contributed by atoms with E-state index < -0.39 is 6.10 Å². The molecule has 0 aliphatic carbocycles. The molecule has 6 heteroatoms. The van der Waals surface area contributed by atoms with Gasteiger partial charge >= 0.3 is 0 Å². The van der Waals surface area contributed by atoms with Crippen LogP contribution < -0.4 is 10.3 Å². The van der Waals surface area contributed by atoms with Crippen LogP contribution in [-0.2, 0) is 6.54 Å². The molecule has 0 saturated carbocycles. The van der Waals surface area contributed by atoms with Crippen LogP contribution in [0.2, 0.25) is 0 Å². The second-order valence-electron chi connectivity index (χ2n) is 7.00. The molecule has 0 aliphatic rings. The number of aromatic nitrogens is 3. The molecule has 0 amide bonds. The Morgan fingerprint density at radius 2 is 1.79 bits per heavy atom. The quantitative estimate of drug-likeness (QED) is 0.547. The first-order chi connectivity index (χ1) is 14.0. The van der Waals surface area contributed by atoms with Crippen LogP contribution >= 0.6 is 0 Å². The van der Waals surface area contributed by atoms with Crippen molar-refractivity contribution in [3.8, 4) is 17.0 Å². The first-order valence-corrected chi connectivity index (χ1v) is 9.62. The Labute approximate surface area is 168 Å². The summed E-state index contributed by atoms with van der Waals surface area (Å²) in [5.74, 6) is 0.755. The standard InChI is InChI=1S/C23H23N3O3/c1-3-29-19-10-8-18(9-11-19)22(27)15-25-12-13-26-21(23(25)28)14-20(24-26)17-6-4-16(2)5-7-17/h4-14,22,27H,3,15H2,1-2H3/t22-/m1/s1. The van der Waals surface area contributed by atoms with Crippen molar-refractivity contribution in [3.63, 3.8) is 0 Å². The molecule has 2 aromatic heterocycles. The number of fused-ring (bicyclic) bond motifs is 1. The Bertz CT molecular complexity index is 1170. The zero-order valence-corrected chi connectivity index (χ0v) is 16.4. The average Bonchev–Trinajstić information content (AvgIpc) is 3.16. The Hall–Kier alpha value is -3.38. The number of rotatable bonds is 6. The average molecular weight is 389 g/mol. The second-order valence-corrected chi connectivity index (χ2v) is 7.00. The summed E-state index contributed by atoms with van der Waals surface area (Å²) in [5.41, 5.74) is 3.88. The molecule has 1 N–H and O–H groups in total. The minimum Gasteiger partial charge on any atom is -0.494 e. The highest BCUT2D eigenvalue weighted by Crippen LogP contribution is 2.21. The van der Waals surface area contributed by atoms with Crippen molar-refractivity contribution in [1.82, 2.24) is 14.2 Å². The molecule has 148 valence electrons. The first-order valence-electron chi connectivity index (χ1n) is 9.62. The summed E-state index contributed by atoms with van der Waals surface area (Å²) in [7, 11) is 0. The van der Waals surface area contributed by atoms with E-state index in [1.165, 1.54) is 10.1 Å². The van der Waals surface area contributed by atoms with E-state index in [2.05, 4.69) is 5.10 Å². The van der Waals surface area contributed by atoms with Gasteiger partial charge in [-0.15, -0.1) is 0 Å². The van der Waals surface area contributed by atoms with E-state index >= 15 is 0 Å². The molecule has 4 aromatic rings. The van der Waals surface area contributed by atoms with Crippen molar-refractivity contribution in [2.75, 3.05) is 6.61 Å². The predicted octanol–water partition coefficient (Wildman–Crippen LogP) is 3.60. The lowest BCUT2D eigenvalue weighted by Gasteiger charge is -2.14. The minimum atomic E-state index is -0.801. The molecule has 0 aliphatic heterocycles. The number of benzene rings is 2. The molecule has 0 saturated heterocycles. The topological polar surface area (TPSA) is 68.8 Å². The summed E-state index contributed by atoms with van der Waals surface area (Å²) in [5, 5.41) is 15.1. The summed E-state index contributed by atoms with van der Waals surface area (Å²) < 4.78 is 8.52. The minimum absolute atomic E-state index is 0.161. The number of hydrogen-bond donors (Lipinski definition) is 1. The van der Waals surface area contributed by atoms with Gasteiger partial charge in [-0.3, -0.25) is 4.79 Å². The number of nitrogens with zero attached hydrogens (tertiary/aromatic N) is 3. The summed E-state index contributed by atoms with van der Waals surface area (Å²) >= 11 is 0. The maximum atomic E-state index is 12.9. The SMILES string of the molecule is CCOc1ccc([C@H](O)Cn2ccn3nc(-c4ccc(C)cc4)cc3c2=O)cc1. The van der Waals surface area contributed by atoms with Crippen molar-refractivity contribution in [2.45, 2.75) is 26.5 Å². The number of aryl methyl sites for hydroxylation is 1. The lowest BCUT2D eigenvalue weighted by Crippen LogP contribution is -2.24. The summed E-state index contributed by atoms with van der Waals surface area (Å²) in [4.78, 5) is 12.9. The predicted molar refractivity (Wildman–Crippen MR) is 112 cm³/mol. The van der Waals surface area contributed by atoms with Crippen molar-refractivity contribution >= 4 is 5.52 Å². The molecule has 0 unspecified atom stereocenters. The van der Waals surface area contributed by atoms with Crippen LogP contribution in [0.3, 0.4) is 0 Å². The number of aliphatic hydroxyl groups is 1. The Morgan fingerprint density at radius 1 is 1.07 bits per heavy atom. The van der Waals surface area contributed by atoms with Gasteiger partial charge in [-0.1, -0.05) is 42.0 Å². The van der Waals surface area contributed by atoms with Gasteiger partial charge in [-0.05, 0) is 37.6 Å². The van der Waals surface area contributed by atoms with E-state index in [0.717, 1.165) is 22.6 Å². The first kappa shape index (κ1) is 19.0. The van der Waals surface area contributed by atoms with E-state index in [-0.39, 0.29) is 12.1 Å². The molecular weight excluding hydrogens is 366 g/mol. The van der Waals surface area contributed by atoms with E-state index in [4.69, 9.17) is 4.74 Å². The zero-order chi connectivity index (χ0) is 20.4. The lowest BCUT2D eigenvalue weighted by atomic mass is 10.1. The third kappa shape index (κ3) is 3.93. The van der Waals surface area contributed by atoms with Crippen LogP contribution in [0, 0.1) is 6.92 Å².